The third kappa shape index (κ3) is 2.16. The first-order valence-corrected chi connectivity index (χ1v) is 4.49. The summed E-state index contributed by atoms with van der Waals surface area (Å²) < 4.78 is 12.5. The quantitative estimate of drug-likeness (QED) is 0.659. The molecule has 0 atom stereocenters. The summed E-state index contributed by atoms with van der Waals surface area (Å²) in [7, 11) is 0. The summed E-state index contributed by atoms with van der Waals surface area (Å²) in [6.07, 6.45) is 2.37. The van der Waals surface area contributed by atoms with Crippen molar-refractivity contribution in [1.29, 1.82) is 0 Å². The first-order valence-electron chi connectivity index (χ1n) is 4.49. The summed E-state index contributed by atoms with van der Waals surface area (Å²) in [5.74, 6) is -0.429. The van der Waals surface area contributed by atoms with Gasteiger partial charge in [-0.1, -0.05) is 36.4 Å². The Morgan fingerprint density at radius 3 is 2.36 bits per heavy atom. The second kappa shape index (κ2) is 4.01. The minimum Gasteiger partial charge on any atom is -0.228 e. The summed E-state index contributed by atoms with van der Waals surface area (Å²) in [6.45, 7) is 0. The van der Waals surface area contributed by atoms with Crippen LogP contribution in [0.2, 0.25) is 0 Å². The molecule has 14 heavy (non-hydrogen) atoms. The Bertz CT molecular complexity index is 394. The number of pyridine rings is 1. The number of halogens is 1. The standard InChI is InChI=1S/C12H10FN/c13-12-7-6-11(9-14-12)8-10-4-2-1-3-5-10/h1-7,9H,8H2. The van der Waals surface area contributed by atoms with E-state index in [1.807, 2.05) is 30.3 Å². The fourth-order valence-electron chi connectivity index (χ4n) is 1.34. The first kappa shape index (κ1) is 8.88. The molecular formula is C12H10FN. The van der Waals surface area contributed by atoms with Crippen LogP contribution in [0.15, 0.2) is 48.7 Å². The van der Waals surface area contributed by atoms with Gasteiger partial charge in [0, 0.05) is 6.20 Å². The topological polar surface area (TPSA) is 12.9 Å². The van der Waals surface area contributed by atoms with Gasteiger partial charge < -0.3 is 0 Å². The van der Waals surface area contributed by atoms with Crippen LogP contribution in [0.3, 0.4) is 0 Å². The van der Waals surface area contributed by atoms with Gasteiger partial charge in [0.05, 0.1) is 0 Å². The molecule has 2 aromatic rings. The Kier molecular flexibility index (Phi) is 2.54. The lowest BCUT2D eigenvalue weighted by molar-refractivity contribution is 0.582. The number of hydrogen-bond acceptors (Lipinski definition) is 1. The number of benzene rings is 1. The minimum atomic E-state index is -0.429. The van der Waals surface area contributed by atoms with Gasteiger partial charge in [0.2, 0.25) is 5.95 Å². The number of rotatable bonds is 2. The molecule has 0 saturated heterocycles. The van der Waals surface area contributed by atoms with Crippen molar-refractivity contribution in [3.63, 3.8) is 0 Å². The summed E-state index contributed by atoms with van der Waals surface area (Å²) in [5, 5.41) is 0. The molecule has 0 aliphatic heterocycles. The van der Waals surface area contributed by atoms with Gasteiger partial charge in [-0.05, 0) is 23.6 Å². The van der Waals surface area contributed by atoms with Crippen LogP contribution in [-0.4, -0.2) is 4.98 Å². The van der Waals surface area contributed by atoms with Crippen molar-refractivity contribution in [1.82, 2.24) is 4.98 Å². The molecular weight excluding hydrogens is 177 g/mol. The van der Waals surface area contributed by atoms with Crippen LogP contribution in [-0.2, 0) is 6.42 Å². The molecule has 0 bridgehead atoms. The molecule has 0 N–H and O–H groups in total. The van der Waals surface area contributed by atoms with E-state index < -0.39 is 5.95 Å². The van der Waals surface area contributed by atoms with E-state index in [1.165, 1.54) is 11.6 Å². The van der Waals surface area contributed by atoms with Gasteiger partial charge in [0.1, 0.15) is 0 Å². The second-order valence-electron chi connectivity index (χ2n) is 3.15. The van der Waals surface area contributed by atoms with Gasteiger partial charge in [-0.25, -0.2) is 4.98 Å². The Morgan fingerprint density at radius 2 is 1.71 bits per heavy atom. The van der Waals surface area contributed by atoms with Gasteiger partial charge in [0.15, 0.2) is 0 Å². The largest absolute Gasteiger partial charge is 0.228 e. The SMILES string of the molecule is Fc1ccc(Cc2ccccc2)cn1. The molecule has 1 aromatic heterocycles. The molecule has 0 unspecified atom stereocenters. The Labute approximate surface area is 82.2 Å². The Morgan fingerprint density at radius 1 is 0.929 bits per heavy atom. The third-order valence-electron chi connectivity index (χ3n) is 2.04. The molecule has 0 spiro atoms. The van der Waals surface area contributed by atoms with Crippen molar-refractivity contribution in [2.24, 2.45) is 0 Å². The van der Waals surface area contributed by atoms with Crippen molar-refractivity contribution < 1.29 is 4.39 Å². The average Bonchev–Trinajstić information content (AvgIpc) is 2.23. The molecule has 2 rings (SSSR count). The molecule has 1 heterocycles. The van der Waals surface area contributed by atoms with Crippen molar-refractivity contribution >= 4 is 0 Å². The molecule has 70 valence electrons. The molecule has 2 heteroatoms. The van der Waals surface area contributed by atoms with Crippen LogP contribution in [0, 0.1) is 5.95 Å². The van der Waals surface area contributed by atoms with Crippen LogP contribution >= 0.6 is 0 Å². The zero-order chi connectivity index (χ0) is 9.80. The van der Waals surface area contributed by atoms with Crippen LogP contribution in [0.1, 0.15) is 11.1 Å². The molecule has 0 fully saturated rings. The van der Waals surface area contributed by atoms with Crippen LogP contribution in [0.25, 0.3) is 0 Å². The summed E-state index contributed by atoms with van der Waals surface area (Å²) in [5.41, 5.74) is 2.23. The first-order chi connectivity index (χ1) is 6.84. The molecule has 0 radical (unpaired) electrons. The highest BCUT2D eigenvalue weighted by Crippen LogP contribution is 2.07. The van der Waals surface area contributed by atoms with Gasteiger partial charge in [-0.2, -0.15) is 4.39 Å². The van der Waals surface area contributed by atoms with E-state index in [-0.39, 0.29) is 0 Å². The number of nitrogens with zero attached hydrogens (tertiary/aromatic N) is 1. The lowest BCUT2D eigenvalue weighted by Gasteiger charge is -2.00. The summed E-state index contributed by atoms with van der Waals surface area (Å²) >= 11 is 0. The fourth-order valence-corrected chi connectivity index (χ4v) is 1.34. The van der Waals surface area contributed by atoms with Crippen molar-refractivity contribution in [2.75, 3.05) is 0 Å². The molecule has 0 aliphatic rings. The van der Waals surface area contributed by atoms with Gasteiger partial charge in [-0.15, -0.1) is 0 Å². The van der Waals surface area contributed by atoms with E-state index >= 15 is 0 Å². The maximum absolute atomic E-state index is 12.5. The van der Waals surface area contributed by atoms with Crippen LogP contribution in [0.4, 0.5) is 4.39 Å². The van der Waals surface area contributed by atoms with Crippen molar-refractivity contribution in [3.8, 4) is 0 Å². The maximum atomic E-state index is 12.5. The highest BCUT2D eigenvalue weighted by molar-refractivity contribution is 5.23. The molecule has 0 saturated carbocycles. The molecule has 1 aromatic carbocycles. The second-order valence-corrected chi connectivity index (χ2v) is 3.15. The lowest BCUT2D eigenvalue weighted by Crippen LogP contribution is -1.90. The zero-order valence-corrected chi connectivity index (χ0v) is 7.65. The molecule has 1 nitrogen and oxygen atoms in total. The van der Waals surface area contributed by atoms with E-state index in [0.29, 0.717) is 0 Å². The zero-order valence-electron chi connectivity index (χ0n) is 7.65. The lowest BCUT2D eigenvalue weighted by atomic mass is 10.1. The number of hydrogen-bond donors (Lipinski definition) is 0. The van der Waals surface area contributed by atoms with E-state index in [4.69, 9.17) is 0 Å². The molecule has 0 amide bonds. The third-order valence-corrected chi connectivity index (χ3v) is 2.04. The van der Waals surface area contributed by atoms with Crippen molar-refractivity contribution in [3.05, 3.63) is 65.7 Å². The summed E-state index contributed by atoms with van der Waals surface area (Å²) in [6, 6.07) is 13.2. The Hall–Kier alpha value is -1.70. The highest BCUT2D eigenvalue weighted by Gasteiger charge is 1.96. The van der Waals surface area contributed by atoms with Crippen molar-refractivity contribution in [2.45, 2.75) is 6.42 Å². The van der Waals surface area contributed by atoms with Gasteiger partial charge in [-0.3, -0.25) is 0 Å². The van der Waals surface area contributed by atoms with Crippen LogP contribution < -0.4 is 0 Å². The normalized spacial score (nSPS) is 10.1. The predicted octanol–water partition coefficient (Wildman–Crippen LogP) is 2.81. The van der Waals surface area contributed by atoms with Gasteiger partial charge in [0.25, 0.3) is 0 Å². The fraction of sp³-hybridized carbons (Fsp3) is 0.0833. The van der Waals surface area contributed by atoms with E-state index in [9.17, 15) is 4.39 Å². The van der Waals surface area contributed by atoms with Gasteiger partial charge >= 0.3 is 0 Å². The van der Waals surface area contributed by atoms with E-state index in [0.717, 1.165) is 12.0 Å². The van der Waals surface area contributed by atoms with Crippen LogP contribution in [0.5, 0.6) is 0 Å². The smallest absolute Gasteiger partial charge is 0.212 e. The van der Waals surface area contributed by atoms with E-state index in [2.05, 4.69) is 4.98 Å². The molecule has 0 aliphatic carbocycles. The minimum absolute atomic E-state index is 0.429. The predicted molar refractivity (Wildman–Crippen MR) is 53.4 cm³/mol. The monoisotopic (exact) mass is 187 g/mol. The average molecular weight is 187 g/mol. The highest BCUT2D eigenvalue weighted by atomic mass is 19.1. The maximum Gasteiger partial charge on any atom is 0.212 e. The van der Waals surface area contributed by atoms with E-state index in [1.54, 1.807) is 12.3 Å². The number of aromatic nitrogens is 1. The Balaban J connectivity index is 2.16. The summed E-state index contributed by atoms with van der Waals surface area (Å²) in [4.78, 5) is 3.61.